The van der Waals surface area contributed by atoms with E-state index in [0.717, 1.165) is 6.92 Å². The van der Waals surface area contributed by atoms with Gasteiger partial charge in [-0.25, -0.2) is 18.0 Å². The van der Waals surface area contributed by atoms with Crippen molar-refractivity contribution in [1.82, 2.24) is 0 Å². The van der Waals surface area contributed by atoms with Gasteiger partial charge < -0.3 is 23.7 Å². The van der Waals surface area contributed by atoms with Crippen LogP contribution in [0.25, 0.3) is 6.08 Å². The highest BCUT2D eigenvalue weighted by atomic mass is 19.2. The van der Waals surface area contributed by atoms with Crippen LogP contribution in [0.4, 0.5) is 22.0 Å². The molecule has 1 heterocycles. The zero-order chi connectivity index (χ0) is 27.7. The maximum atomic E-state index is 13.9. The summed E-state index contributed by atoms with van der Waals surface area (Å²) in [4.78, 5) is 25.2. The molecule has 0 saturated heterocycles. The molecule has 12 heteroatoms. The van der Waals surface area contributed by atoms with Crippen LogP contribution >= 0.6 is 0 Å². The third-order valence-electron chi connectivity index (χ3n) is 5.38. The monoisotopic (exact) mass is 536 g/mol. The van der Waals surface area contributed by atoms with Crippen LogP contribution in [0.1, 0.15) is 22.8 Å². The Hall–Kier alpha value is -4.61. The Balaban J connectivity index is 1.52. The summed E-state index contributed by atoms with van der Waals surface area (Å²) >= 11 is 0. The number of carbonyl (C=O) groups excluding carboxylic acids is 2. The average molecular weight is 536 g/mol. The number of allylic oxidation sites excluding steroid dienone is 1. The molecule has 0 N–H and O–H groups in total. The van der Waals surface area contributed by atoms with E-state index in [0.29, 0.717) is 17.1 Å². The van der Waals surface area contributed by atoms with Crippen LogP contribution in [0.3, 0.4) is 0 Å². The van der Waals surface area contributed by atoms with Gasteiger partial charge in [0.05, 0.1) is 19.8 Å². The fourth-order valence-corrected chi connectivity index (χ4v) is 3.44. The Morgan fingerprint density at radius 2 is 1.50 bits per heavy atom. The fraction of sp³-hybridized carbons (Fsp3) is 0.154. The molecule has 3 aromatic carbocycles. The predicted molar refractivity (Wildman–Crippen MR) is 121 cm³/mol. The van der Waals surface area contributed by atoms with Crippen molar-refractivity contribution >= 4 is 17.8 Å². The van der Waals surface area contributed by atoms with Crippen molar-refractivity contribution < 1.29 is 55.2 Å². The summed E-state index contributed by atoms with van der Waals surface area (Å²) in [5.74, 6) is -13.8. The molecule has 4 rings (SSSR count). The molecule has 38 heavy (non-hydrogen) atoms. The molecule has 0 saturated carbocycles. The molecule has 1 aliphatic heterocycles. The molecule has 198 valence electrons. The van der Waals surface area contributed by atoms with Crippen molar-refractivity contribution in [3.05, 3.63) is 82.4 Å². The van der Waals surface area contributed by atoms with Crippen molar-refractivity contribution in [1.29, 1.82) is 0 Å². The molecule has 1 atom stereocenters. The highest BCUT2D eigenvalue weighted by Crippen LogP contribution is 2.37. The molecular formula is C26H17F5O7. The Kier molecular flexibility index (Phi) is 7.24. The first-order valence-corrected chi connectivity index (χ1v) is 10.8. The van der Waals surface area contributed by atoms with Gasteiger partial charge in [-0.3, -0.25) is 4.79 Å². The van der Waals surface area contributed by atoms with Crippen LogP contribution in [0, 0.1) is 29.1 Å². The van der Waals surface area contributed by atoms with E-state index in [9.17, 15) is 31.5 Å². The highest BCUT2D eigenvalue weighted by Gasteiger charge is 2.31. The number of Topliss-reactive ketones (excluding diaryl/α,β-unsaturated/α-hetero) is 1. The second-order valence-electron chi connectivity index (χ2n) is 7.79. The molecule has 0 aromatic heterocycles. The molecule has 3 aromatic rings. The second kappa shape index (κ2) is 10.4. The summed E-state index contributed by atoms with van der Waals surface area (Å²) in [6.07, 6.45) is -0.343. The standard InChI is InChI=1S/C26H17F5O7/c1-11(36-25-22(30)20(28)19(27)21(29)23(25)31)26(33)37-14-4-6-15-17(10-14)38-18(24(15)32)9-12-8-13(34-2)5-7-16(12)35-3/h4-11H,1-3H3/b18-9-. The van der Waals surface area contributed by atoms with Gasteiger partial charge in [-0.05, 0) is 43.3 Å². The Morgan fingerprint density at radius 3 is 2.13 bits per heavy atom. The number of esters is 1. The van der Waals surface area contributed by atoms with E-state index in [2.05, 4.69) is 4.74 Å². The molecule has 7 nitrogen and oxygen atoms in total. The SMILES string of the molecule is COc1ccc(OC)c(/C=C2\Oc3cc(OC(=O)C(C)Oc4c(F)c(F)c(F)c(F)c4F)ccc3C2=O)c1. The summed E-state index contributed by atoms with van der Waals surface area (Å²) < 4.78 is 93.5. The maximum absolute atomic E-state index is 13.9. The fourth-order valence-electron chi connectivity index (χ4n) is 3.44. The van der Waals surface area contributed by atoms with E-state index in [1.165, 1.54) is 38.5 Å². The van der Waals surface area contributed by atoms with Crippen molar-refractivity contribution in [2.75, 3.05) is 14.2 Å². The molecule has 0 spiro atoms. The summed E-state index contributed by atoms with van der Waals surface area (Å²) in [5, 5.41) is 0. The van der Waals surface area contributed by atoms with E-state index < -0.39 is 52.7 Å². The van der Waals surface area contributed by atoms with Crippen LogP contribution in [0.15, 0.2) is 42.2 Å². The average Bonchev–Trinajstić information content (AvgIpc) is 3.22. The van der Waals surface area contributed by atoms with Gasteiger partial charge in [0.1, 0.15) is 23.0 Å². The van der Waals surface area contributed by atoms with Gasteiger partial charge >= 0.3 is 5.97 Å². The summed E-state index contributed by atoms with van der Waals surface area (Å²) in [5.41, 5.74) is 0.650. The summed E-state index contributed by atoms with van der Waals surface area (Å²) in [6, 6.07) is 8.72. The lowest BCUT2D eigenvalue weighted by atomic mass is 10.1. The first-order chi connectivity index (χ1) is 18.0. The number of halogens is 5. The van der Waals surface area contributed by atoms with Gasteiger partial charge in [0.2, 0.25) is 34.9 Å². The number of methoxy groups -OCH3 is 2. The van der Waals surface area contributed by atoms with Gasteiger partial charge in [0.15, 0.2) is 17.6 Å². The van der Waals surface area contributed by atoms with Gasteiger partial charge in [0, 0.05) is 11.6 Å². The number of hydrogen-bond acceptors (Lipinski definition) is 7. The van der Waals surface area contributed by atoms with Crippen molar-refractivity contribution in [3.8, 4) is 28.7 Å². The van der Waals surface area contributed by atoms with E-state index in [1.54, 1.807) is 18.2 Å². The van der Waals surface area contributed by atoms with E-state index in [1.807, 2.05) is 0 Å². The molecule has 0 amide bonds. The first-order valence-electron chi connectivity index (χ1n) is 10.8. The van der Waals surface area contributed by atoms with Crippen molar-refractivity contribution in [3.63, 3.8) is 0 Å². The second-order valence-corrected chi connectivity index (χ2v) is 7.79. The number of hydrogen-bond donors (Lipinski definition) is 0. The van der Waals surface area contributed by atoms with Crippen LogP contribution in [-0.2, 0) is 4.79 Å². The van der Waals surface area contributed by atoms with Crippen LogP contribution in [0.5, 0.6) is 28.7 Å². The zero-order valence-electron chi connectivity index (χ0n) is 19.9. The molecule has 0 radical (unpaired) electrons. The van der Waals surface area contributed by atoms with Gasteiger partial charge in [-0.1, -0.05) is 0 Å². The normalized spacial score (nSPS) is 14.1. The lowest BCUT2D eigenvalue weighted by Crippen LogP contribution is -2.29. The van der Waals surface area contributed by atoms with Crippen LogP contribution in [0.2, 0.25) is 0 Å². The largest absolute Gasteiger partial charge is 0.497 e. The lowest BCUT2D eigenvalue weighted by Gasteiger charge is -2.15. The Bertz CT molecular complexity index is 1460. The van der Waals surface area contributed by atoms with Crippen LogP contribution in [-0.4, -0.2) is 32.1 Å². The summed E-state index contributed by atoms with van der Waals surface area (Å²) in [6.45, 7) is 0.982. The molecule has 0 fully saturated rings. The zero-order valence-corrected chi connectivity index (χ0v) is 19.9. The lowest BCUT2D eigenvalue weighted by molar-refractivity contribution is -0.141. The number of rotatable bonds is 7. The Labute approximate surface area is 211 Å². The topological polar surface area (TPSA) is 80.3 Å². The van der Waals surface area contributed by atoms with Crippen molar-refractivity contribution in [2.45, 2.75) is 13.0 Å². The van der Waals surface area contributed by atoms with Crippen molar-refractivity contribution in [2.24, 2.45) is 0 Å². The minimum atomic E-state index is -2.37. The minimum absolute atomic E-state index is 0.0433. The maximum Gasteiger partial charge on any atom is 0.352 e. The predicted octanol–water partition coefficient (Wildman–Crippen LogP) is 5.39. The smallest absolute Gasteiger partial charge is 0.352 e. The number of benzene rings is 3. The van der Waals surface area contributed by atoms with E-state index in [4.69, 9.17) is 18.9 Å². The van der Waals surface area contributed by atoms with E-state index >= 15 is 0 Å². The number of ether oxygens (including phenoxy) is 5. The third kappa shape index (κ3) is 4.84. The van der Waals surface area contributed by atoms with E-state index in [-0.39, 0.29) is 22.8 Å². The van der Waals surface area contributed by atoms with Gasteiger partial charge in [-0.2, -0.15) is 8.78 Å². The number of fused-ring (bicyclic) bond motifs is 1. The number of carbonyl (C=O) groups is 2. The van der Waals surface area contributed by atoms with Gasteiger partial charge in [0.25, 0.3) is 0 Å². The quantitative estimate of drug-likeness (QED) is 0.100. The van der Waals surface area contributed by atoms with Crippen LogP contribution < -0.4 is 23.7 Å². The third-order valence-corrected chi connectivity index (χ3v) is 5.38. The number of ketones is 1. The summed E-state index contributed by atoms with van der Waals surface area (Å²) in [7, 11) is 2.93. The molecule has 1 unspecified atom stereocenters. The Morgan fingerprint density at radius 1 is 0.868 bits per heavy atom. The highest BCUT2D eigenvalue weighted by molar-refractivity contribution is 6.14. The first kappa shape index (κ1) is 26.5. The molecule has 0 bridgehead atoms. The minimum Gasteiger partial charge on any atom is -0.497 e. The molecule has 0 aliphatic carbocycles. The van der Waals surface area contributed by atoms with Gasteiger partial charge in [-0.15, -0.1) is 0 Å². The molecular weight excluding hydrogens is 519 g/mol. The molecule has 1 aliphatic rings.